The van der Waals surface area contributed by atoms with Gasteiger partial charge in [0.15, 0.2) is 0 Å². The van der Waals surface area contributed by atoms with Crippen LogP contribution in [-0.2, 0) is 7.05 Å². The molecule has 4 nitrogen and oxygen atoms in total. The second-order valence-corrected chi connectivity index (χ2v) is 3.98. The van der Waals surface area contributed by atoms with Crippen LogP contribution in [0.3, 0.4) is 0 Å². The largest absolute Gasteiger partial charge is 0.339 e. The van der Waals surface area contributed by atoms with Gasteiger partial charge in [0, 0.05) is 30.4 Å². The lowest BCUT2D eigenvalue weighted by molar-refractivity contribution is 0.768. The van der Waals surface area contributed by atoms with Crippen molar-refractivity contribution in [2.24, 2.45) is 7.05 Å². The molecule has 0 fully saturated rings. The molecule has 0 amide bonds. The van der Waals surface area contributed by atoms with Crippen molar-refractivity contribution in [3.05, 3.63) is 36.3 Å². The number of nitrogens with one attached hydrogen (secondary N) is 1. The summed E-state index contributed by atoms with van der Waals surface area (Å²) in [5.74, 6) is 0. The predicted octanol–water partition coefficient (Wildman–Crippen LogP) is 2.27. The lowest BCUT2D eigenvalue weighted by atomic mass is 10.2. The first-order valence-corrected chi connectivity index (χ1v) is 5.17. The van der Waals surface area contributed by atoms with Crippen molar-refractivity contribution in [2.45, 2.75) is 6.92 Å². The van der Waals surface area contributed by atoms with E-state index in [2.05, 4.69) is 28.1 Å². The first-order valence-electron chi connectivity index (χ1n) is 5.17. The van der Waals surface area contributed by atoms with E-state index >= 15 is 0 Å². The average Bonchev–Trinajstić information content (AvgIpc) is 2.84. The van der Waals surface area contributed by atoms with Gasteiger partial charge in [-0.2, -0.15) is 5.10 Å². The number of nitrogens with zero attached hydrogens (tertiary/aromatic N) is 3. The van der Waals surface area contributed by atoms with Crippen molar-refractivity contribution < 1.29 is 0 Å². The van der Waals surface area contributed by atoms with Crippen LogP contribution in [-0.4, -0.2) is 19.7 Å². The molecule has 16 heavy (non-hydrogen) atoms. The SMILES string of the molecule is Cc1ccnc2[nH]c(-c3cnn(C)c3)cc12. The first kappa shape index (κ1) is 9.15. The topological polar surface area (TPSA) is 46.5 Å². The third-order valence-corrected chi connectivity index (χ3v) is 2.77. The molecule has 3 heterocycles. The Morgan fingerprint density at radius 3 is 2.94 bits per heavy atom. The second kappa shape index (κ2) is 3.20. The number of aryl methyl sites for hydroxylation is 2. The standard InChI is InChI=1S/C12H12N4/c1-8-3-4-13-12-10(8)5-11(15-12)9-6-14-16(2)7-9/h3-7H,1-2H3,(H,13,15). The van der Waals surface area contributed by atoms with Crippen molar-refractivity contribution in [1.82, 2.24) is 19.7 Å². The van der Waals surface area contributed by atoms with E-state index in [1.165, 1.54) is 10.9 Å². The van der Waals surface area contributed by atoms with Crippen LogP contribution in [0, 0.1) is 6.92 Å². The smallest absolute Gasteiger partial charge is 0.137 e. The number of pyridine rings is 1. The molecule has 0 bridgehead atoms. The summed E-state index contributed by atoms with van der Waals surface area (Å²) >= 11 is 0. The summed E-state index contributed by atoms with van der Waals surface area (Å²) in [4.78, 5) is 7.61. The van der Waals surface area contributed by atoms with Gasteiger partial charge in [-0.15, -0.1) is 0 Å². The number of hydrogen-bond acceptors (Lipinski definition) is 2. The van der Waals surface area contributed by atoms with Crippen molar-refractivity contribution in [3.63, 3.8) is 0 Å². The zero-order valence-corrected chi connectivity index (χ0v) is 9.23. The molecule has 3 rings (SSSR count). The lowest BCUT2D eigenvalue weighted by Crippen LogP contribution is -1.84. The molecule has 0 unspecified atom stereocenters. The minimum atomic E-state index is 0.929. The minimum Gasteiger partial charge on any atom is -0.339 e. The maximum atomic E-state index is 4.31. The van der Waals surface area contributed by atoms with Crippen LogP contribution in [0.4, 0.5) is 0 Å². The summed E-state index contributed by atoms with van der Waals surface area (Å²) in [6, 6.07) is 4.14. The monoisotopic (exact) mass is 212 g/mol. The molecule has 4 heteroatoms. The van der Waals surface area contributed by atoms with Gasteiger partial charge in [-0.3, -0.25) is 4.68 Å². The third kappa shape index (κ3) is 1.31. The fourth-order valence-corrected chi connectivity index (χ4v) is 1.88. The van der Waals surface area contributed by atoms with Gasteiger partial charge in [0.25, 0.3) is 0 Å². The maximum absolute atomic E-state index is 4.31. The number of aromatic amines is 1. The highest BCUT2D eigenvalue weighted by molar-refractivity contribution is 5.85. The zero-order valence-electron chi connectivity index (χ0n) is 9.23. The molecule has 3 aromatic rings. The third-order valence-electron chi connectivity index (χ3n) is 2.77. The van der Waals surface area contributed by atoms with E-state index in [9.17, 15) is 0 Å². The van der Waals surface area contributed by atoms with E-state index in [1.807, 2.05) is 31.7 Å². The summed E-state index contributed by atoms with van der Waals surface area (Å²) in [6.07, 6.45) is 5.65. The molecule has 3 aromatic heterocycles. The van der Waals surface area contributed by atoms with E-state index in [0.717, 1.165) is 16.9 Å². The maximum Gasteiger partial charge on any atom is 0.137 e. The molecule has 80 valence electrons. The summed E-state index contributed by atoms with van der Waals surface area (Å²) in [5.41, 5.74) is 4.31. The van der Waals surface area contributed by atoms with E-state index in [0.29, 0.717) is 0 Å². The molecule has 0 aromatic carbocycles. The molecule has 0 aliphatic rings. The number of fused-ring (bicyclic) bond motifs is 1. The molecule has 0 saturated heterocycles. The quantitative estimate of drug-likeness (QED) is 0.672. The molecule has 0 radical (unpaired) electrons. The lowest BCUT2D eigenvalue weighted by Gasteiger charge is -1.91. The van der Waals surface area contributed by atoms with Gasteiger partial charge in [-0.1, -0.05) is 0 Å². The van der Waals surface area contributed by atoms with Crippen LogP contribution in [0.5, 0.6) is 0 Å². The Morgan fingerprint density at radius 2 is 2.25 bits per heavy atom. The molecular formula is C12H12N4. The van der Waals surface area contributed by atoms with Gasteiger partial charge in [-0.25, -0.2) is 4.98 Å². The molecule has 0 spiro atoms. The van der Waals surface area contributed by atoms with Gasteiger partial charge in [0.1, 0.15) is 5.65 Å². The first-order chi connectivity index (χ1) is 7.74. The molecule has 1 N–H and O–H groups in total. The van der Waals surface area contributed by atoms with Crippen LogP contribution in [0.1, 0.15) is 5.56 Å². The van der Waals surface area contributed by atoms with Gasteiger partial charge in [0.2, 0.25) is 0 Å². The molecular weight excluding hydrogens is 200 g/mol. The summed E-state index contributed by atoms with van der Waals surface area (Å²) < 4.78 is 1.79. The summed E-state index contributed by atoms with van der Waals surface area (Å²) in [7, 11) is 1.91. The summed E-state index contributed by atoms with van der Waals surface area (Å²) in [6.45, 7) is 2.09. The van der Waals surface area contributed by atoms with Gasteiger partial charge >= 0.3 is 0 Å². The van der Waals surface area contributed by atoms with Gasteiger partial charge in [-0.05, 0) is 24.6 Å². The van der Waals surface area contributed by atoms with E-state index in [-0.39, 0.29) is 0 Å². The summed E-state index contributed by atoms with van der Waals surface area (Å²) in [5, 5.41) is 5.33. The van der Waals surface area contributed by atoms with Crippen LogP contribution in [0.15, 0.2) is 30.7 Å². The predicted molar refractivity (Wildman–Crippen MR) is 63.0 cm³/mol. The molecule has 0 aliphatic heterocycles. The van der Waals surface area contributed by atoms with Crippen molar-refractivity contribution in [1.29, 1.82) is 0 Å². The van der Waals surface area contributed by atoms with Gasteiger partial charge in [0.05, 0.1) is 11.9 Å². The number of aromatic nitrogens is 4. The van der Waals surface area contributed by atoms with E-state index in [1.54, 1.807) is 4.68 Å². The van der Waals surface area contributed by atoms with Crippen LogP contribution < -0.4 is 0 Å². The Labute approximate surface area is 92.9 Å². The van der Waals surface area contributed by atoms with Crippen molar-refractivity contribution in [2.75, 3.05) is 0 Å². The average molecular weight is 212 g/mol. The fraction of sp³-hybridized carbons (Fsp3) is 0.167. The van der Waals surface area contributed by atoms with Crippen LogP contribution in [0.25, 0.3) is 22.3 Å². The zero-order chi connectivity index (χ0) is 11.1. The Kier molecular flexibility index (Phi) is 1.83. The normalized spacial score (nSPS) is 11.1. The second-order valence-electron chi connectivity index (χ2n) is 3.98. The highest BCUT2D eigenvalue weighted by Crippen LogP contribution is 2.24. The van der Waals surface area contributed by atoms with Gasteiger partial charge < -0.3 is 4.98 Å². The Morgan fingerprint density at radius 1 is 1.38 bits per heavy atom. The Hall–Kier alpha value is -2.10. The highest BCUT2D eigenvalue weighted by atomic mass is 15.2. The van der Waals surface area contributed by atoms with Crippen molar-refractivity contribution in [3.8, 4) is 11.3 Å². The fourth-order valence-electron chi connectivity index (χ4n) is 1.88. The van der Waals surface area contributed by atoms with Crippen molar-refractivity contribution >= 4 is 11.0 Å². The Bertz CT molecular complexity index is 648. The van der Waals surface area contributed by atoms with E-state index in [4.69, 9.17) is 0 Å². The van der Waals surface area contributed by atoms with E-state index < -0.39 is 0 Å². The molecule has 0 atom stereocenters. The minimum absolute atomic E-state index is 0.929. The number of rotatable bonds is 1. The molecule has 0 saturated carbocycles. The molecule has 0 aliphatic carbocycles. The number of hydrogen-bond donors (Lipinski definition) is 1. The Balaban J connectivity index is 2.22. The van der Waals surface area contributed by atoms with Crippen LogP contribution >= 0.6 is 0 Å². The van der Waals surface area contributed by atoms with Crippen LogP contribution in [0.2, 0.25) is 0 Å². The number of H-pyrrole nitrogens is 1. The highest BCUT2D eigenvalue weighted by Gasteiger charge is 2.06.